The molecule has 2 heterocycles. The summed E-state index contributed by atoms with van der Waals surface area (Å²) in [5.74, 6) is -1.07. The Morgan fingerprint density at radius 1 is 1.32 bits per heavy atom. The van der Waals surface area contributed by atoms with Crippen LogP contribution in [0.3, 0.4) is 0 Å². The molecular formula is C21H19ClFN7O. The molecule has 0 bridgehead atoms. The van der Waals surface area contributed by atoms with E-state index in [0.717, 1.165) is 11.8 Å². The Morgan fingerprint density at radius 2 is 2.13 bits per heavy atom. The predicted molar refractivity (Wildman–Crippen MR) is 122 cm³/mol. The third-order valence-electron chi connectivity index (χ3n) is 4.38. The molecule has 8 nitrogen and oxygen atoms in total. The maximum atomic E-state index is 14.9. The van der Waals surface area contributed by atoms with Crippen molar-refractivity contribution in [3.63, 3.8) is 0 Å². The summed E-state index contributed by atoms with van der Waals surface area (Å²) in [4.78, 5) is 20.7. The number of hydrazone groups is 1. The maximum Gasteiger partial charge on any atom is 0.258 e. The number of nitrogen functional groups attached to an aromatic ring is 1. The van der Waals surface area contributed by atoms with Gasteiger partial charge in [0.05, 0.1) is 40.6 Å². The monoisotopic (exact) mass is 439 g/mol. The molecule has 158 valence electrons. The Kier molecular flexibility index (Phi) is 6.88. The van der Waals surface area contributed by atoms with Crippen molar-refractivity contribution >= 4 is 47.1 Å². The highest BCUT2D eigenvalue weighted by Gasteiger charge is 2.18. The number of pyridine rings is 2. The van der Waals surface area contributed by atoms with Crippen LogP contribution in [-0.2, 0) is 6.42 Å². The number of anilines is 3. The number of nitrogens with one attached hydrogen (secondary N) is 3. The van der Waals surface area contributed by atoms with Crippen LogP contribution in [0.4, 0.5) is 21.6 Å². The molecule has 10 heteroatoms. The second-order valence-corrected chi connectivity index (χ2v) is 6.78. The number of nitrogens with zero attached hydrogens (tertiary/aromatic N) is 3. The van der Waals surface area contributed by atoms with Gasteiger partial charge in [0.15, 0.2) is 5.82 Å². The van der Waals surface area contributed by atoms with E-state index in [2.05, 4.69) is 25.8 Å². The van der Waals surface area contributed by atoms with Crippen LogP contribution in [0, 0.1) is 11.2 Å². The largest absolute Gasteiger partial charge is 0.397 e. The zero-order chi connectivity index (χ0) is 22.4. The van der Waals surface area contributed by atoms with Crippen molar-refractivity contribution in [2.45, 2.75) is 13.3 Å². The fourth-order valence-corrected chi connectivity index (χ4v) is 3.12. The van der Waals surface area contributed by atoms with Crippen molar-refractivity contribution in [3.8, 4) is 11.1 Å². The first kappa shape index (κ1) is 21.8. The Labute approximate surface area is 182 Å². The lowest BCUT2D eigenvalue weighted by molar-refractivity contribution is 0.102. The van der Waals surface area contributed by atoms with Crippen molar-refractivity contribution in [2.75, 3.05) is 16.5 Å². The average molecular weight is 440 g/mol. The number of aryl methyl sites for hydroxylation is 1. The number of benzene rings is 1. The minimum absolute atomic E-state index is 0.109. The first-order chi connectivity index (χ1) is 14.9. The minimum Gasteiger partial charge on any atom is -0.397 e. The van der Waals surface area contributed by atoms with Gasteiger partial charge in [-0.15, -0.1) is 0 Å². The van der Waals surface area contributed by atoms with Crippen LogP contribution in [0.15, 0.2) is 48.0 Å². The van der Waals surface area contributed by atoms with E-state index in [-0.39, 0.29) is 22.1 Å². The summed E-state index contributed by atoms with van der Waals surface area (Å²) in [6.07, 6.45) is 7.21. The average Bonchev–Trinajstić information content (AvgIpc) is 2.75. The third-order valence-corrected chi connectivity index (χ3v) is 4.67. The number of aromatic nitrogens is 2. The highest BCUT2D eigenvalue weighted by molar-refractivity contribution is 6.33. The van der Waals surface area contributed by atoms with Crippen molar-refractivity contribution in [1.29, 1.82) is 5.41 Å². The van der Waals surface area contributed by atoms with Crippen molar-refractivity contribution < 1.29 is 9.18 Å². The normalized spacial score (nSPS) is 10.8. The van der Waals surface area contributed by atoms with Gasteiger partial charge in [-0.1, -0.05) is 18.5 Å². The summed E-state index contributed by atoms with van der Waals surface area (Å²) in [6, 6.07) is 5.98. The molecule has 3 aromatic rings. The zero-order valence-electron chi connectivity index (χ0n) is 16.5. The van der Waals surface area contributed by atoms with Crippen LogP contribution in [0.1, 0.15) is 22.8 Å². The summed E-state index contributed by atoms with van der Waals surface area (Å²) >= 11 is 6.12. The molecule has 1 aromatic carbocycles. The van der Waals surface area contributed by atoms with E-state index in [1.54, 1.807) is 12.3 Å². The van der Waals surface area contributed by atoms with E-state index < -0.39 is 11.7 Å². The van der Waals surface area contributed by atoms with Crippen molar-refractivity contribution in [2.24, 2.45) is 5.10 Å². The van der Waals surface area contributed by atoms with E-state index in [0.29, 0.717) is 23.2 Å². The molecule has 0 saturated carbocycles. The number of carbonyl (C=O) groups is 1. The van der Waals surface area contributed by atoms with Gasteiger partial charge in [0.1, 0.15) is 5.82 Å². The molecule has 0 atom stereocenters. The summed E-state index contributed by atoms with van der Waals surface area (Å²) in [5.41, 5.74) is 11.2. The highest BCUT2D eigenvalue weighted by Crippen LogP contribution is 2.31. The number of halogens is 2. The van der Waals surface area contributed by atoms with Gasteiger partial charge in [0.2, 0.25) is 0 Å². The Hall–Kier alpha value is -3.85. The van der Waals surface area contributed by atoms with Crippen molar-refractivity contribution in [3.05, 3.63) is 64.8 Å². The Morgan fingerprint density at radius 3 is 2.81 bits per heavy atom. The summed E-state index contributed by atoms with van der Waals surface area (Å²) < 4.78 is 14.9. The van der Waals surface area contributed by atoms with E-state index in [9.17, 15) is 9.18 Å². The van der Waals surface area contributed by atoms with Gasteiger partial charge in [-0.3, -0.25) is 15.2 Å². The molecule has 0 fully saturated rings. The fraction of sp³-hybridized carbons (Fsp3) is 0.0952. The maximum absolute atomic E-state index is 14.9. The molecule has 1 amide bonds. The van der Waals surface area contributed by atoms with Crippen LogP contribution in [-0.4, -0.2) is 28.3 Å². The predicted octanol–water partition coefficient (Wildman–Crippen LogP) is 4.38. The molecule has 0 aliphatic rings. The zero-order valence-corrected chi connectivity index (χ0v) is 17.2. The molecule has 0 radical (unpaired) electrons. The molecule has 0 saturated heterocycles. The van der Waals surface area contributed by atoms with Crippen LogP contribution in [0.2, 0.25) is 5.02 Å². The smallest absolute Gasteiger partial charge is 0.258 e. The van der Waals surface area contributed by atoms with E-state index >= 15 is 0 Å². The minimum atomic E-state index is -0.681. The Bertz CT molecular complexity index is 1170. The van der Waals surface area contributed by atoms with Crippen LogP contribution in [0.25, 0.3) is 11.1 Å². The number of amides is 1. The van der Waals surface area contributed by atoms with Gasteiger partial charge >= 0.3 is 0 Å². The third kappa shape index (κ3) is 5.01. The number of carbonyl (C=O) groups excluding carboxylic acids is 1. The standard InChI is InChI=1S/C21H19ClFN7O/c1-2-12-7-16(18(23)9-15(12)14-3-5-26-11-19(14)25)21(31)29-13-8-17(22)20(27-10-13)30-28-6-4-24/h3-11,24H,2,25H2,1H3,(H,27,30)(H,29,31)/b24-4?,28-6-. The van der Waals surface area contributed by atoms with Crippen LogP contribution < -0.4 is 16.5 Å². The van der Waals surface area contributed by atoms with Gasteiger partial charge < -0.3 is 16.5 Å². The molecule has 0 unspecified atom stereocenters. The fourth-order valence-electron chi connectivity index (χ4n) is 2.91. The number of nitrogens with two attached hydrogens (primary N) is 1. The summed E-state index contributed by atoms with van der Waals surface area (Å²) in [5, 5.41) is 13.4. The first-order valence-corrected chi connectivity index (χ1v) is 9.59. The van der Waals surface area contributed by atoms with Gasteiger partial charge in [0.25, 0.3) is 5.91 Å². The molecule has 0 aliphatic heterocycles. The van der Waals surface area contributed by atoms with E-state index in [4.69, 9.17) is 22.7 Å². The molecule has 0 spiro atoms. The molecule has 0 aliphatic carbocycles. The molecule has 31 heavy (non-hydrogen) atoms. The van der Waals surface area contributed by atoms with E-state index in [1.165, 1.54) is 36.8 Å². The van der Waals surface area contributed by atoms with Crippen LogP contribution in [0.5, 0.6) is 0 Å². The van der Waals surface area contributed by atoms with Gasteiger partial charge in [-0.25, -0.2) is 9.37 Å². The summed E-state index contributed by atoms with van der Waals surface area (Å²) in [7, 11) is 0. The molecule has 2 aromatic heterocycles. The van der Waals surface area contributed by atoms with Gasteiger partial charge in [0, 0.05) is 18.0 Å². The van der Waals surface area contributed by atoms with Crippen LogP contribution >= 0.6 is 11.6 Å². The van der Waals surface area contributed by atoms with Gasteiger partial charge in [-0.05, 0) is 41.8 Å². The SMILES string of the molecule is CCc1cc(C(=O)Nc2cnc(N/N=C\C=N)c(Cl)c2)c(F)cc1-c1ccncc1N. The van der Waals surface area contributed by atoms with E-state index in [1.807, 2.05) is 6.92 Å². The first-order valence-electron chi connectivity index (χ1n) is 9.21. The molecule has 5 N–H and O–H groups in total. The quantitative estimate of drug-likeness (QED) is 0.320. The summed E-state index contributed by atoms with van der Waals surface area (Å²) in [6.45, 7) is 1.91. The second-order valence-electron chi connectivity index (χ2n) is 6.37. The number of rotatable bonds is 7. The number of hydrogen-bond donors (Lipinski definition) is 4. The highest BCUT2D eigenvalue weighted by atomic mass is 35.5. The van der Waals surface area contributed by atoms with Crippen molar-refractivity contribution in [1.82, 2.24) is 9.97 Å². The molecular weight excluding hydrogens is 421 g/mol. The second kappa shape index (κ2) is 9.77. The van der Waals surface area contributed by atoms with Gasteiger partial charge in [-0.2, -0.15) is 5.10 Å². The lowest BCUT2D eigenvalue weighted by atomic mass is 9.95. The lowest BCUT2D eigenvalue weighted by Gasteiger charge is -2.14. The topological polar surface area (TPSA) is 129 Å². The number of hydrogen-bond acceptors (Lipinski definition) is 7. The molecule has 3 rings (SSSR count). The lowest BCUT2D eigenvalue weighted by Crippen LogP contribution is -2.15. The Balaban J connectivity index is 1.87.